The third-order valence-electron chi connectivity index (χ3n) is 7.85. The number of aliphatic hydroxyl groups is 1. The van der Waals surface area contributed by atoms with Gasteiger partial charge in [0.05, 0.1) is 13.2 Å². The molecule has 0 radical (unpaired) electrons. The summed E-state index contributed by atoms with van der Waals surface area (Å²) in [5.41, 5.74) is 1.05. The number of ether oxygens (including phenoxy) is 1. The summed E-state index contributed by atoms with van der Waals surface area (Å²) < 4.78 is 4.81. The number of thiophene rings is 1. The molecule has 0 bridgehead atoms. The Morgan fingerprint density at radius 2 is 2.18 bits per heavy atom. The van der Waals surface area contributed by atoms with E-state index in [0.717, 1.165) is 57.1 Å². The first-order valence-corrected chi connectivity index (χ1v) is 13.8. The molecule has 2 aromatic heterocycles. The maximum atomic E-state index is 11.7. The molecule has 2 fully saturated rings. The Labute approximate surface area is 212 Å². The van der Waals surface area contributed by atoms with E-state index in [2.05, 4.69) is 23.2 Å². The Morgan fingerprint density at radius 1 is 1.32 bits per heavy atom. The lowest BCUT2D eigenvalue weighted by Crippen LogP contribution is -2.43. The van der Waals surface area contributed by atoms with Crippen molar-refractivity contribution in [1.82, 2.24) is 4.98 Å². The first kappa shape index (κ1) is 25.4. The number of carbonyl (C=O) groups excluding carboxylic acids is 1. The molecule has 6 heteroatoms. The number of pyridine rings is 1. The van der Waals surface area contributed by atoms with Gasteiger partial charge >= 0.3 is 5.97 Å². The van der Waals surface area contributed by atoms with E-state index in [1.165, 1.54) is 29.7 Å². The molecule has 184 valence electrons. The highest BCUT2D eigenvalue weighted by Crippen LogP contribution is 2.47. The number of aromatic nitrogens is 1. The van der Waals surface area contributed by atoms with Crippen molar-refractivity contribution in [2.45, 2.75) is 75.7 Å². The van der Waals surface area contributed by atoms with Crippen LogP contribution in [0.3, 0.4) is 0 Å². The van der Waals surface area contributed by atoms with Crippen LogP contribution < -0.4 is 0 Å². The minimum Gasteiger partial charge on any atom is -0.465 e. The van der Waals surface area contributed by atoms with Crippen LogP contribution in [0.15, 0.2) is 48.7 Å². The van der Waals surface area contributed by atoms with E-state index < -0.39 is 0 Å². The average Bonchev–Trinajstić information content (AvgIpc) is 3.43. The van der Waals surface area contributed by atoms with Gasteiger partial charge in [-0.2, -0.15) is 0 Å². The molecular formula is C28H36ClNO3S. The highest BCUT2D eigenvalue weighted by atomic mass is 35.5. The summed E-state index contributed by atoms with van der Waals surface area (Å²) >= 11 is 8.23. The van der Waals surface area contributed by atoms with Gasteiger partial charge in [0, 0.05) is 27.6 Å². The molecular weight excluding hydrogens is 466 g/mol. The molecule has 2 aromatic rings. The maximum absolute atomic E-state index is 11.7. The molecule has 0 spiro atoms. The summed E-state index contributed by atoms with van der Waals surface area (Å²) in [6.07, 6.45) is 16.3. The van der Waals surface area contributed by atoms with Crippen molar-refractivity contribution in [2.24, 2.45) is 17.3 Å². The summed E-state index contributed by atoms with van der Waals surface area (Å²) in [4.78, 5) is 18.0. The second kappa shape index (κ2) is 11.8. The van der Waals surface area contributed by atoms with E-state index in [1.807, 2.05) is 30.5 Å². The Hall–Kier alpha value is -1.69. The number of aliphatic hydroxyl groups excluding tert-OH is 1. The highest BCUT2D eigenvalue weighted by Gasteiger charge is 2.43. The highest BCUT2D eigenvalue weighted by molar-refractivity contribution is 7.13. The van der Waals surface area contributed by atoms with Gasteiger partial charge in [-0.15, -0.1) is 22.9 Å². The Morgan fingerprint density at radius 3 is 2.88 bits per heavy atom. The molecule has 2 aliphatic rings. The molecule has 2 aliphatic carbocycles. The molecule has 34 heavy (non-hydrogen) atoms. The van der Waals surface area contributed by atoms with Crippen LogP contribution in [0, 0.1) is 17.3 Å². The number of methoxy groups -OCH3 is 1. The Balaban J connectivity index is 1.27. The summed E-state index contributed by atoms with van der Waals surface area (Å²) in [5, 5.41) is 11.2. The molecule has 1 N–H and O–H groups in total. The molecule has 2 heterocycles. The molecule has 1 unspecified atom stereocenters. The molecule has 4 rings (SSSR count). The number of nitrogens with zero attached hydrogens (tertiary/aromatic N) is 1. The van der Waals surface area contributed by atoms with E-state index in [9.17, 15) is 9.90 Å². The van der Waals surface area contributed by atoms with Crippen LogP contribution in [0.25, 0.3) is 0 Å². The monoisotopic (exact) mass is 501 g/mol. The molecule has 2 saturated carbocycles. The smallest absolute Gasteiger partial charge is 0.348 e. The van der Waals surface area contributed by atoms with Crippen LogP contribution in [-0.4, -0.2) is 34.7 Å². The molecule has 0 aromatic carbocycles. The molecule has 4 nitrogen and oxygen atoms in total. The largest absolute Gasteiger partial charge is 0.465 e. The van der Waals surface area contributed by atoms with Crippen LogP contribution in [0.2, 0.25) is 0 Å². The number of carbonyl (C=O) groups is 1. The van der Waals surface area contributed by atoms with Crippen LogP contribution in [0.5, 0.6) is 0 Å². The van der Waals surface area contributed by atoms with Crippen LogP contribution >= 0.6 is 22.9 Å². The van der Waals surface area contributed by atoms with Crippen LogP contribution in [0.4, 0.5) is 0 Å². The van der Waals surface area contributed by atoms with Gasteiger partial charge in [-0.05, 0) is 93.9 Å². The third kappa shape index (κ3) is 6.10. The number of halogens is 1. The second-order valence-electron chi connectivity index (χ2n) is 9.97. The van der Waals surface area contributed by atoms with Gasteiger partial charge in [-0.1, -0.05) is 24.6 Å². The lowest BCUT2D eigenvalue weighted by atomic mass is 9.62. The van der Waals surface area contributed by atoms with Crippen LogP contribution in [-0.2, 0) is 17.6 Å². The van der Waals surface area contributed by atoms with Crippen LogP contribution in [0.1, 0.15) is 71.6 Å². The van der Waals surface area contributed by atoms with E-state index in [0.29, 0.717) is 23.1 Å². The van der Waals surface area contributed by atoms with E-state index >= 15 is 0 Å². The number of hydrogen-bond acceptors (Lipinski definition) is 5. The van der Waals surface area contributed by atoms with Crippen molar-refractivity contribution >= 4 is 28.9 Å². The first-order chi connectivity index (χ1) is 16.5. The second-order valence-corrected chi connectivity index (χ2v) is 11.7. The normalized spacial score (nSPS) is 24.7. The van der Waals surface area contributed by atoms with Gasteiger partial charge in [0.1, 0.15) is 4.88 Å². The fourth-order valence-electron chi connectivity index (χ4n) is 5.67. The van der Waals surface area contributed by atoms with Gasteiger partial charge in [-0.25, -0.2) is 4.79 Å². The summed E-state index contributed by atoms with van der Waals surface area (Å²) in [5.74, 6) is 0.700. The van der Waals surface area contributed by atoms with E-state index in [1.54, 1.807) is 0 Å². The maximum Gasteiger partial charge on any atom is 0.348 e. The van der Waals surface area contributed by atoms with E-state index in [-0.39, 0.29) is 22.9 Å². The number of aryl methyl sites for hydroxylation is 1. The third-order valence-corrected chi connectivity index (χ3v) is 9.49. The summed E-state index contributed by atoms with van der Waals surface area (Å²) in [6.45, 7) is 0. The van der Waals surface area contributed by atoms with E-state index in [4.69, 9.17) is 16.3 Å². The Bertz CT molecular complexity index is 956. The molecule has 4 atom stereocenters. The summed E-state index contributed by atoms with van der Waals surface area (Å²) in [6, 6.07) is 9.93. The molecule has 0 aliphatic heterocycles. The van der Waals surface area contributed by atoms with Gasteiger partial charge in [0.15, 0.2) is 0 Å². The van der Waals surface area contributed by atoms with Crippen molar-refractivity contribution in [3.8, 4) is 0 Å². The van der Waals surface area contributed by atoms with Gasteiger partial charge in [0.2, 0.25) is 0 Å². The Kier molecular flexibility index (Phi) is 8.84. The van der Waals surface area contributed by atoms with Gasteiger partial charge in [-0.3, -0.25) is 4.98 Å². The predicted octanol–water partition coefficient (Wildman–Crippen LogP) is 6.61. The predicted molar refractivity (Wildman–Crippen MR) is 138 cm³/mol. The lowest BCUT2D eigenvalue weighted by molar-refractivity contribution is -0.0331. The topological polar surface area (TPSA) is 59.4 Å². The molecule has 0 amide bonds. The lowest BCUT2D eigenvalue weighted by Gasteiger charge is -2.45. The quantitative estimate of drug-likeness (QED) is 0.214. The average molecular weight is 502 g/mol. The standard InChI is InChI=1S/C28H36ClNO3S/c1-33-27(32)25-15-13-22(34-25)9-4-7-20-12-14-24(29)23(20)10-5-11-26(31)28(16-6-17-28)19-21-8-2-3-18-30-21/h2-3,5,8,10,13,15,18,20,23-24,26,31H,4,6-7,9,11-12,14,16-17,19H2,1H3/b10-5+/t20-,23+,24-,26?/m0/s1. The summed E-state index contributed by atoms with van der Waals surface area (Å²) in [7, 11) is 1.42. The van der Waals surface area contributed by atoms with Gasteiger partial charge in [0.25, 0.3) is 0 Å². The van der Waals surface area contributed by atoms with Crippen molar-refractivity contribution in [3.63, 3.8) is 0 Å². The number of rotatable bonds is 11. The zero-order valence-electron chi connectivity index (χ0n) is 20.0. The number of esters is 1. The fourth-order valence-corrected chi connectivity index (χ4v) is 7.05. The van der Waals surface area contributed by atoms with Crippen molar-refractivity contribution in [2.75, 3.05) is 7.11 Å². The number of allylic oxidation sites excluding steroid dienone is 1. The first-order valence-electron chi connectivity index (χ1n) is 12.6. The number of hydrogen-bond donors (Lipinski definition) is 1. The zero-order chi connectivity index (χ0) is 24.0. The minimum absolute atomic E-state index is 0.0299. The molecule has 0 saturated heterocycles. The zero-order valence-corrected chi connectivity index (χ0v) is 21.6. The van der Waals surface area contributed by atoms with Crippen molar-refractivity contribution < 1.29 is 14.6 Å². The van der Waals surface area contributed by atoms with Crippen molar-refractivity contribution in [3.05, 3.63) is 64.1 Å². The SMILES string of the molecule is COC(=O)c1ccc(CCC[C@H]2CC[C@H](Cl)[C@@H]2/C=C/CC(O)C2(Cc3ccccn3)CCC2)s1. The minimum atomic E-state index is -0.337. The van der Waals surface area contributed by atoms with Crippen molar-refractivity contribution in [1.29, 1.82) is 0 Å². The number of alkyl halides is 1. The fraction of sp³-hybridized carbons (Fsp3) is 0.571. The van der Waals surface area contributed by atoms with Gasteiger partial charge < -0.3 is 9.84 Å².